The fraction of sp³-hybridized carbons (Fsp3) is 0.412. The summed E-state index contributed by atoms with van der Waals surface area (Å²) in [6.45, 7) is 3.69. The standard InChI is InChI=1S/C17H19F3N4/c1-10-23-16(11-3-2-4-21-8-11)7-17(24-10)22-9-12-5-14(19)15(20)6-13(12)18/h5-7,11,21H,2-4,8-9H2,1H3,(H,22,23,24). The van der Waals surface area contributed by atoms with Crippen LogP contribution in [0.3, 0.4) is 0 Å². The molecular formula is C17H19F3N4. The minimum atomic E-state index is -1.19. The first-order valence-electron chi connectivity index (χ1n) is 7.96. The first kappa shape index (κ1) is 16.7. The van der Waals surface area contributed by atoms with Gasteiger partial charge < -0.3 is 10.6 Å². The number of halogens is 3. The number of hydrogen-bond acceptors (Lipinski definition) is 4. The second-order valence-corrected chi connectivity index (χ2v) is 5.98. The highest BCUT2D eigenvalue weighted by Crippen LogP contribution is 2.23. The fourth-order valence-electron chi connectivity index (χ4n) is 2.88. The minimum absolute atomic E-state index is 0.0157. The van der Waals surface area contributed by atoms with Gasteiger partial charge in [0.15, 0.2) is 11.6 Å². The van der Waals surface area contributed by atoms with Gasteiger partial charge in [-0.05, 0) is 32.4 Å². The summed E-state index contributed by atoms with van der Waals surface area (Å²) in [5.74, 6) is -1.56. The van der Waals surface area contributed by atoms with Gasteiger partial charge in [0.1, 0.15) is 17.5 Å². The average Bonchev–Trinajstić information content (AvgIpc) is 2.57. The van der Waals surface area contributed by atoms with E-state index >= 15 is 0 Å². The van der Waals surface area contributed by atoms with E-state index in [0.29, 0.717) is 23.6 Å². The highest BCUT2D eigenvalue weighted by molar-refractivity contribution is 5.38. The summed E-state index contributed by atoms with van der Waals surface area (Å²) >= 11 is 0. The molecule has 2 aromatic rings. The summed E-state index contributed by atoms with van der Waals surface area (Å²) < 4.78 is 39.9. The topological polar surface area (TPSA) is 49.8 Å². The van der Waals surface area contributed by atoms with Crippen molar-refractivity contribution in [3.05, 3.63) is 52.7 Å². The van der Waals surface area contributed by atoms with E-state index in [4.69, 9.17) is 0 Å². The maximum atomic E-state index is 13.7. The number of aryl methyl sites for hydroxylation is 1. The molecule has 0 radical (unpaired) electrons. The molecule has 2 N–H and O–H groups in total. The predicted octanol–water partition coefficient (Wildman–Crippen LogP) is 3.28. The maximum Gasteiger partial charge on any atom is 0.161 e. The Morgan fingerprint density at radius 2 is 1.92 bits per heavy atom. The van der Waals surface area contributed by atoms with E-state index in [-0.39, 0.29) is 12.1 Å². The average molecular weight is 336 g/mol. The zero-order valence-corrected chi connectivity index (χ0v) is 13.4. The number of nitrogens with zero attached hydrogens (tertiary/aromatic N) is 2. The van der Waals surface area contributed by atoms with Crippen molar-refractivity contribution in [2.45, 2.75) is 32.2 Å². The van der Waals surface area contributed by atoms with Crippen molar-refractivity contribution in [1.29, 1.82) is 0 Å². The van der Waals surface area contributed by atoms with E-state index in [0.717, 1.165) is 37.7 Å². The number of anilines is 1. The second kappa shape index (κ2) is 7.17. The van der Waals surface area contributed by atoms with Gasteiger partial charge in [-0.2, -0.15) is 0 Å². The lowest BCUT2D eigenvalue weighted by Gasteiger charge is -2.22. The fourth-order valence-corrected chi connectivity index (χ4v) is 2.88. The summed E-state index contributed by atoms with van der Waals surface area (Å²) in [4.78, 5) is 8.76. The molecule has 7 heteroatoms. The molecule has 1 aromatic heterocycles. The van der Waals surface area contributed by atoms with Gasteiger partial charge in [0.25, 0.3) is 0 Å². The number of aromatic nitrogens is 2. The largest absolute Gasteiger partial charge is 0.366 e. The van der Waals surface area contributed by atoms with Crippen LogP contribution in [0.1, 0.15) is 35.8 Å². The molecule has 1 aliphatic rings. The van der Waals surface area contributed by atoms with Crippen LogP contribution in [0.4, 0.5) is 19.0 Å². The van der Waals surface area contributed by atoms with Crippen LogP contribution in [-0.4, -0.2) is 23.1 Å². The van der Waals surface area contributed by atoms with E-state index in [9.17, 15) is 13.2 Å². The summed E-state index contributed by atoms with van der Waals surface area (Å²) in [7, 11) is 0. The lowest BCUT2D eigenvalue weighted by molar-refractivity contribution is 0.453. The molecule has 0 aliphatic carbocycles. The third-order valence-electron chi connectivity index (χ3n) is 4.12. The van der Waals surface area contributed by atoms with E-state index < -0.39 is 17.5 Å². The van der Waals surface area contributed by atoms with Gasteiger partial charge in [0.05, 0.1) is 5.69 Å². The Kier molecular flexibility index (Phi) is 4.99. The predicted molar refractivity (Wildman–Crippen MR) is 85.3 cm³/mol. The molecule has 0 bridgehead atoms. The maximum absolute atomic E-state index is 13.7. The van der Waals surface area contributed by atoms with Crippen molar-refractivity contribution in [2.24, 2.45) is 0 Å². The summed E-state index contributed by atoms with van der Waals surface area (Å²) in [6.07, 6.45) is 2.15. The number of piperidine rings is 1. The van der Waals surface area contributed by atoms with E-state index in [1.54, 1.807) is 6.92 Å². The lowest BCUT2D eigenvalue weighted by atomic mass is 9.96. The first-order valence-corrected chi connectivity index (χ1v) is 7.96. The molecule has 1 atom stereocenters. The lowest BCUT2D eigenvalue weighted by Crippen LogP contribution is -2.29. The number of hydrogen-bond donors (Lipinski definition) is 2. The van der Waals surface area contributed by atoms with Crippen LogP contribution in [0.25, 0.3) is 0 Å². The quantitative estimate of drug-likeness (QED) is 0.842. The molecule has 1 aromatic carbocycles. The van der Waals surface area contributed by atoms with Crippen molar-refractivity contribution in [3.63, 3.8) is 0 Å². The number of benzene rings is 1. The minimum Gasteiger partial charge on any atom is -0.366 e. The van der Waals surface area contributed by atoms with Gasteiger partial charge >= 0.3 is 0 Å². The molecule has 4 nitrogen and oxygen atoms in total. The molecule has 1 aliphatic heterocycles. The molecule has 128 valence electrons. The molecular weight excluding hydrogens is 317 g/mol. The Hall–Kier alpha value is -2.15. The molecule has 3 rings (SSSR count). The molecule has 1 unspecified atom stereocenters. The highest BCUT2D eigenvalue weighted by atomic mass is 19.2. The number of nitrogens with one attached hydrogen (secondary N) is 2. The van der Waals surface area contributed by atoms with Gasteiger partial charge in [0, 0.05) is 36.7 Å². The van der Waals surface area contributed by atoms with Crippen molar-refractivity contribution in [1.82, 2.24) is 15.3 Å². The summed E-state index contributed by atoms with van der Waals surface area (Å²) in [6, 6.07) is 3.25. The van der Waals surface area contributed by atoms with Gasteiger partial charge in [-0.15, -0.1) is 0 Å². The molecule has 24 heavy (non-hydrogen) atoms. The highest BCUT2D eigenvalue weighted by Gasteiger charge is 2.18. The van der Waals surface area contributed by atoms with Crippen LogP contribution in [-0.2, 0) is 6.54 Å². The van der Waals surface area contributed by atoms with Crippen molar-refractivity contribution in [3.8, 4) is 0 Å². The van der Waals surface area contributed by atoms with Crippen LogP contribution in [0.5, 0.6) is 0 Å². The van der Waals surface area contributed by atoms with E-state index in [1.807, 2.05) is 6.07 Å². The Bertz CT molecular complexity index is 730. The monoisotopic (exact) mass is 336 g/mol. The normalized spacial score (nSPS) is 17.8. The van der Waals surface area contributed by atoms with Crippen LogP contribution in [0, 0.1) is 24.4 Å². The van der Waals surface area contributed by atoms with Crippen LogP contribution in [0.2, 0.25) is 0 Å². The molecule has 0 amide bonds. The zero-order chi connectivity index (χ0) is 17.1. The van der Waals surface area contributed by atoms with Gasteiger partial charge in [-0.1, -0.05) is 0 Å². The molecule has 1 fully saturated rings. The molecule has 0 saturated carbocycles. The van der Waals surface area contributed by atoms with E-state index in [2.05, 4.69) is 20.6 Å². The van der Waals surface area contributed by atoms with E-state index in [1.165, 1.54) is 0 Å². The van der Waals surface area contributed by atoms with Gasteiger partial charge in [0.2, 0.25) is 0 Å². The Morgan fingerprint density at radius 3 is 2.67 bits per heavy atom. The second-order valence-electron chi connectivity index (χ2n) is 5.98. The van der Waals surface area contributed by atoms with Gasteiger partial charge in [-0.3, -0.25) is 0 Å². The third-order valence-corrected chi connectivity index (χ3v) is 4.12. The zero-order valence-electron chi connectivity index (χ0n) is 13.4. The molecule has 0 spiro atoms. The van der Waals surface area contributed by atoms with Crippen LogP contribution < -0.4 is 10.6 Å². The summed E-state index contributed by atoms with van der Waals surface area (Å²) in [5, 5.41) is 6.31. The Labute approximate surface area is 138 Å². The molecule has 1 saturated heterocycles. The van der Waals surface area contributed by atoms with Crippen LogP contribution in [0.15, 0.2) is 18.2 Å². The van der Waals surface area contributed by atoms with Crippen molar-refractivity contribution < 1.29 is 13.2 Å². The Balaban J connectivity index is 1.75. The SMILES string of the molecule is Cc1nc(NCc2cc(F)c(F)cc2F)cc(C2CCCNC2)n1. The van der Waals surface area contributed by atoms with Crippen molar-refractivity contribution >= 4 is 5.82 Å². The van der Waals surface area contributed by atoms with Crippen molar-refractivity contribution in [2.75, 3.05) is 18.4 Å². The smallest absolute Gasteiger partial charge is 0.161 e. The number of rotatable bonds is 4. The first-order chi connectivity index (χ1) is 11.5. The molecule has 2 heterocycles. The summed E-state index contributed by atoms with van der Waals surface area (Å²) in [5.41, 5.74) is 0.981. The van der Waals surface area contributed by atoms with Gasteiger partial charge in [-0.25, -0.2) is 23.1 Å². The van der Waals surface area contributed by atoms with Crippen LogP contribution >= 0.6 is 0 Å². The Morgan fingerprint density at radius 1 is 1.12 bits per heavy atom. The third kappa shape index (κ3) is 3.84.